The molecule has 0 saturated heterocycles. The molecule has 37 heavy (non-hydrogen) atoms. The topological polar surface area (TPSA) is 64.4 Å². The molecule has 0 saturated carbocycles. The van der Waals surface area contributed by atoms with E-state index in [0.29, 0.717) is 52.1 Å². The molecule has 4 aromatic rings. The van der Waals surface area contributed by atoms with E-state index in [-0.39, 0.29) is 11.5 Å². The van der Waals surface area contributed by atoms with Gasteiger partial charge in [-0.3, -0.25) is 14.2 Å². The summed E-state index contributed by atoms with van der Waals surface area (Å²) < 4.78 is 7.20. The highest BCUT2D eigenvalue weighted by atomic mass is 35.5. The molecule has 1 heterocycles. The third-order valence-electron chi connectivity index (χ3n) is 6.35. The van der Waals surface area contributed by atoms with Gasteiger partial charge < -0.3 is 9.64 Å². The largest absolute Gasteiger partial charge is 0.494 e. The van der Waals surface area contributed by atoms with Crippen molar-refractivity contribution >= 4 is 28.4 Å². The molecule has 0 spiro atoms. The van der Waals surface area contributed by atoms with Gasteiger partial charge in [0, 0.05) is 17.1 Å². The number of ether oxygens (including phenoxy) is 1. The van der Waals surface area contributed by atoms with Crippen LogP contribution in [0.1, 0.15) is 56.3 Å². The maximum Gasteiger partial charge on any atom is 0.266 e. The standard InChI is InChI=1S/C30H32ClN3O3/c1-5-37-25-16-14-24(15-17-25)34-28(32-27-9-7-6-8-26(27)30(34)36)21(4)33(19-18-20(2)3)29(35)22-10-12-23(31)13-11-22/h6-17,20-21H,5,18-19H2,1-4H3. The second-order valence-corrected chi connectivity index (χ2v) is 9.85. The van der Waals surface area contributed by atoms with Crippen LogP contribution >= 0.6 is 11.6 Å². The lowest BCUT2D eigenvalue weighted by atomic mass is 10.1. The summed E-state index contributed by atoms with van der Waals surface area (Å²) in [5, 5.41) is 1.09. The van der Waals surface area contributed by atoms with E-state index in [1.807, 2.05) is 56.3 Å². The Morgan fingerprint density at radius 2 is 1.68 bits per heavy atom. The highest BCUT2D eigenvalue weighted by molar-refractivity contribution is 6.30. The Balaban J connectivity index is 1.87. The summed E-state index contributed by atoms with van der Waals surface area (Å²) in [6.07, 6.45) is 0.810. The molecule has 3 aromatic carbocycles. The summed E-state index contributed by atoms with van der Waals surface area (Å²) in [6, 6.07) is 21.1. The zero-order chi connectivity index (χ0) is 26.5. The minimum atomic E-state index is -0.481. The van der Waals surface area contributed by atoms with Gasteiger partial charge in [0.05, 0.1) is 29.2 Å². The smallest absolute Gasteiger partial charge is 0.266 e. The Hall–Kier alpha value is -3.64. The van der Waals surface area contributed by atoms with Crippen molar-refractivity contribution in [2.75, 3.05) is 13.2 Å². The third-order valence-corrected chi connectivity index (χ3v) is 6.60. The number of hydrogen-bond donors (Lipinski definition) is 0. The van der Waals surface area contributed by atoms with Crippen molar-refractivity contribution in [3.8, 4) is 11.4 Å². The molecule has 4 rings (SSSR count). The number of amides is 1. The van der Waals surface area contributed by atoms with Crippen molar-refractivity contribution in [1.29, 1.82) is 0 Å². The maximum atomic E-state index is 13.8. The highest BCUT2D eigenvalue weighted by Crippen LogP contribution is 2.26. The van der Waals surface area contributed by atoms with Gasteiger partial charge in [-0.05, 0) is 86.8 Å². The summed E-state index contributed by atoms with van der Waals surface area (Å²) in [4.78, 5) is 34.3. The quantitative estimate of drug-likeness (QED) is 0.248. The second kappa shape index (κ2) is 11.6. The first kappa shape index (κ1) is 26.4. The first-order valence-electron chi connectivity index (χ1n) is 12.6. The van der Waals surface area contributed by atoms with E-state index >= 15 is 0 Å². The lowest BCUT2D eigenvalue weighted by Crippen LogP contribution is -2.38. The molecule has 1 aromatic heterocycles. The van der Waals surface area contributed by atoms with E-state index in [2.05, 4.69) is 13.8 Å². The number of aromatic nitrogens is 2. The molecule has 1 unspecified atom stereocenters. The van der Waals surface area contributed by atoms with Crippen LogP contribution in [0.15, 0.2) is 77.6 Å². The predicted molar refractivity (Wildman–Crippen MR) is 149 cm³/mol. The van der Waals surface area contributed by atoms with Crippen LogP contribution < -0.4 is 10.3 Å². The molecule has 192 valence electrons. The molecule has 1 amide bonds. The average molecular weight is 518 g/mol. The van der Waals surface area contributed by atoms with Gasteiger partial charge in [-0.25, -0.2) is 4.98 Å². The Kier molecular flexibility index (Phi) is 8.29. The lowest BCUT2D eigenvalue weighted by molar-refractivity contribution is 0.0671. The van der Waals surface area contributed by atoms with E-state index in [1.165, 1.54) is 0 Å². The lowest BCUT2D eigenvalue weighted by Gasteiger charge is -2.31. The van der Waals surface area contributed by atoms with E-state index in [4.69, 9.17) is 21.3 Å². The zero-order valence-corrected chi connectivity index (χ0v) is 22.4. The predicted octanol–water partition coefficient (Wildman–Crippen LogP) is 6.69. The fraction of sp³-hybridized carbons (Fsp3) is 0.300. The molecule has 7 heteroatoms. The molecule has 0 aliphatic rings. The molecule has 0 aliphatic heterocycles. The van der Waals surface area contributed by atoms with E-state index < -0.39 is 6.04 Å². The Morgan fingerprint density at radius 3 is 2.32 bits per heavy atom. The van der Waals surface area contributed by atoms with Crippen LogP contribution in [0.4, 0.5) is 0 Å². The summed E-state index contributed by atoms with van der Waals surface area (Å²) in [5.41, 5.74) is 1.62. The van der Waals surface area contributed by atoms with Gasteiger partial charge in [0.1, 0.15) is 11.6 Å². The van der Waals surface area contributed by atoms with Crippen LogP contribution in [0.3, 0.4) is 0 Å². The molecule has 0 bridgehead atoms. The van der Waals surface area contributed by atoms with Gasteiger partial charge in [0.25, 0.3) is 11.5 Å². The van der Waals surface area contributed by atoms with Crippen molar-refractivity contribution in [1.82, 2.24) is 14.5 Å². The molecule has 0 aliphatic carbocycles. The van der Waals surface area contributed by atoms with Crippen molar-refractivity contribution in [3.05, 3.63) is 99.6 Å². The van der Waals surface area contributed by atoms with Gasteiger partial charge in [-0.2, -0.15) is 0 Å². The van der Waals surface area contributed by atoms with Crippen LogP contribution in [0.25, 0.3) is 16.6 Å². The number of hydrogen-bond acceptors (Lipinski definition) is 4. The Bertz CT molecular complexity index is 1430. The second-order valence-electron chi connectivity index (χ2n) is 9.42. The van der Waals surface area contributed by atoms with E-state index in [0.717, 1.165) is 12.2 Å². The minimum Gasteiger partial charge on any atom is -0.494 e. The van der Waals surface area contributed by atoms with Gasteiger partial charge in [0.2, 0.25) is 0 Å². The molecule has 0 N–H and O–H groups in total. The molecule has 0 fully saturated rings. The molecule has 6 nitrogen and oxygen atoms in total. The summed E-state index contributed by atoms with van der Waals surface area (Å²) >= 11 is 6.07. The third kappa shape index (κ3) is 5.86. The molecular weight excluding hydrogens is 486 g/mol. The van der Waals surface area contributed by atoms with Gasteiger partial charge in [0.15, 0.2) is 0 Å². The monoisotopic (exact) mass is 517 g/mol. The van der Waals surface area contributed by atoms with Crippen molar-refractivity contribution in [2.24, 2.45) is 5.92 Å². The first-order chi connectivity index (χ1) is 17.8. The van der Waals surface area contributed by atoms with Crippen LogP contribution in [0.5, 0.6) is 5.75 Å². The van der Waals surface area contributed by atoms with Crippen molar-refractivity contribution in [3.63, 3.8) is 0 Å². The fourth-order valence-corrected chi connectivity index (χ4v) is 4.43. The number of fused-ring (bicyclic) bond motifs is 1. The number of carbonyl (C=O) groups is 1. The number of halogens is 1. The van der Waals surface area contributed by atoms with Gasteiger partial charge in [-0.15, -0.1) is 0 Å². The average Bonchev–Trinajstić information content (AvgIpc) is 2.89. The number of benzene rings is 3. The van der Waals surface area contributed by atoms with Crippen molar-refractivity contribution in [2.45, 2.75) is 40.2 Å². The number of carbonyl (C=O) groups excluding carboxylic acids is 1. The first-order valence-corrected chi connectivity index (χ1v) is 13.0. The molecular formula is C30H32ClN3O3. The minimum absolute atomic E-state index is 0.134. The van der Waals surface area contributed by atoms with Crippen LogP contribution in [-0.4, -0.2) is 33.5 Å². The van der Waals surface area contributed by atoms with Gasteiger partial charge in [-0.1, -0.05) is 37.6 Å². The Morgan fingerprint density at radius 1 is 1.00 bits per heavy atom. The Labute approximate surface area is 222 Å². The zero-order valence-electron chi connectivity index (χ0n) is 21.6. The maximum absolute atomic E-state index is 13.8. The molecule has 1 atom stereocenters. The summed E-state index contributed by atoms with van der Waals surface area (Å²) in [6.45, 7) is 9.17. The van der Waals surface area contributed by atoms with Crippen LogP contribution in [0.2, 0.25) is 5.02 Å². The van der Waals surface area contributed by atoms with Crippen LogP contribution in [-0.2, 0) is 0 Å². The number of nitrogens with zero attached hydrogens (tertiary/aromatic N) is 3. The van der Waals surface area contributed by atoms with E-state index in [9.17, 15) is 9.59 Å². The highest BCUT2D eigenvalue weighted by Gasteiger charge is 2.28. The van der Waals surface area contributed by atoms with Gasteiger partial charge >= 0.3 is 0 Å². The van der Waals surface area contributed by atoms with E-state index in [1.54, 1.807) is 39.8 Å². The number of para-hydroxylation sites is 1. The normalized spacial score (nSPS) is 12.1. The summed E-state index contributed by atoms with van der Waals surface area (Å²) in [7, 11) is 0. The molecule has 0 radical (unpaired) electrons. The SMILES string of the molecule is CCOc1ccc(-n2c(C(C)N(CCC(C)C)C(=O)c3ccc(Cl)cc3)nc3ccccc3c2=O)cc1. The number of rotatable bonds is 9. The fourth-order valence-electron chi connectivity index (χ4n) is 4.30. The van der Waals surface area contributed by atoms with Crippen molar-refractivity contribution < 1.29 is 9.53 Å². The van der Waals surface area contributed by atoms with Crippen LogP contribution in [0, 0.1) is 5.92 Å². The summed E-state index contributed by atoms with van der Waals surface area (Å²) in [5.74, 6) is 1.48.